The van der Waals surface area contributed by atoms with Crippen LogP contribution in [-0.2, 0) is 16.0 Å². The number of hydrogen-bond acceptors (Lipinski definition) is 8. The first-order valence-corrected chi connectivity index (χ1v) is 9.93. The molecule has 1 aromatic carbocycles. The lowest BCUT2D eigenvalue weighted by molar-refractivity contribution is -0.148. The predicted octanol–water partition coefficient (Wildman–Crippen LogP) is 0.102. The van der Waals surface area contributed by atoms with E-state index in [1.54, 1.807) is 14.1 Å². The van der Waals surface area contributed by atoms with Gasteiger partial charge in [0.2, 0.25) is 5.78 Å². The molecular weight excluding hydrogens is 416 g/mol. The molecule has 3 aliphatic carbocycles. The molecule has 9 heteroatoms. The highest BCUT2D eigenvalue weighted by molar-refractivity contribution is 6.24. The Morgan fingerprint density at radius 2 is 1.91 bits per heavy atom. The van der Waals surface area contributed by atoms with Crippen LogP contribution in [0.15, 0.2) is 34.8 Å². The molecule has 1 aromatic rings. The van der Waals surface area contributed by atoms with Gasteiger partial charge in [-0.25, -0.2) is 0 Å². The first kappa shape index (κ1) is 21.6. The van der Waals surface area contributed by atoms with Crippen LogP contribution in [0.2, 0.25) is 0 Å². The van der Waals surface area contributed by atoms with Gasteiger partial charge in [-0.05, 0) is 50.6 Å². The molecule has 4 rings (SSSR count). The van der Waals surface area contributed by atoms with Crippen LogP contribution in [0.5, 0.6) is 5.75 Å². The zero-order chi connectivity index (χ0) is 23.7. The Hall–Kier alpha value is -3.61. The molecule has 0 fully saturated rings. The molecule has 3 aliphatic rings. The molecule has 0 aromatic heterocycles. The lowest BCUT2D eigenvalue weighted by Gasteiger charge is -2.50. The topological polar surface area (TPSA) is 161 Å². The van der Waals surface area contributed by atoms with Gasteiger partial charge < -0.3 is 26.2 Å². The number of ketones is 2. The van der Waals surface area contributed by atoms with Crippen LogP contribution in [0.1, 0.15) is 27.9 Å². The number of phenolic OH excluding ortho intramolecular Hbond substituents is 1. The third-order valence-corrected chi connectivity index (χ3v) is 6.76. The van der Waals surface area contributed by atoms with E-state index in [2.05, 4.69) is 5.92 Å². The molecule has 6 N–H and O–H groups in total. The first-order chi connectivity index (χ1) is 15.0. The van der Waals surface area contributed by atoms with Crippen molar-refractivity contribution in [1.82, 2.24) is 4.90 Å². The second kappa shape index (κ2) is 6.95. The number of fused-ring (bicyclic) bond motifs is 3. The van der Waals surface area contributed by atoms with Gasteiger partial charge in [0.15, 0.2) is 11.4 Å². The van der Waals surface area contributed by atoms with Gasteiger partial charge in [-0.15, -0.1) is 6.42 Å². The number of rotatable bonds is 2. The van der Waals surface area contributed by atoms with E-state index in [1.165, 1.54) is 17.0 Å². The van der Waals surface area contributed by atoms with Gasteiger partial charge in [-0.1, -0.05) is 5.92 Å². The summed E-state index contributed by atoms with van der Waals surface area (Å²) in [5.41, 5.74) is 2.34. The van der Waals surface area contributed by atoms with Gasteiger partial charge in [0.05, 0.1) is 11.6 Å². The summed E-state index contributed by atoms with van der Waals surface area (Å²) in [6, 6.07) is 1.75. The fourth-order valence-electron chi connectivity index (χ4n) is 5.39. The van der Waals surface area contributed by atoms with E-state index in [4.69, 9.17) is 12.2 Å². The van der Waals surface area contributed by atoms with Crippen molar-refractivity contribution in [2.24, 2.45) is 17.6 Å². The molecule has 0 radical (unpaired) electrons. The summed E-state index contributed by atoms with van der Waals surface area (Å²) >= 11 is 0. The Bertz CT molecular complexity index is 1200. The maximum atomic E-state index is 13.3. The standard InChI is InChI=1S/C23H22N2O7/c1-4-9-5-6-13(26)15-11(9)7-10-8-12-17(25(2)3)19(28)16(22(24)31)21(30)23(12,32)20(29)14(10)18(15)27/h1,5-6,10,12,17,26,28-29,32H,7-8H2,2-3H3,(H2,24,31)/t10?,12?,17-,23-/m0/s1. The normalized spacial score (nSPS) is 29.4. The number of phenols is 1. The number of aromatic hydroxyl groups is 1. The van der Waals surface area contributed by atoms with Crippen LogP contribution >= 0.6 is 0 Å². The number of carbonyl (C=O) groups excluding carboxylic acids is 3. The number of primary amides is 1. The Morgan fingerprint density at radius 1 is 1.25 bits per heavy atom. The van der Waals surface area contributed by atoms with Gasteiger partial charge in [-0.2, -0.15) is 0 Å². The van der Waals surface area contributed by atoms with Crippen LogP contribution < -0.4 is 5.73 Å². The minimum Gasteiger partial charge on any atom is -0.510 e. The van der Waals surface area contributed by atoms with E-state index in [-0.39, 0.29) is 29.7 Å². The van der Waals surface area contributed by atoms with Crippen LogP contribution in [-0.4, -0.2) is 68.5 Å². The third kappa shape index (κ3) is 2.57. The van der Waals surface area contributed by atoms with Gasteiger partial charge >= 0.3 is 0 Å². The van der Waals surface area contributed by atoms with Crippen molar-refractivity contribution >= 4 is 17.5 Å². The average molecular weight is 438 g/mol. The van der Waals surface area contributed by atoms with E-state index in [0.29, 0.717) is 11.1 Å². The van der Waals surface area contributed by atoms with E-state index in [9.17, 15) is 34.8 Å². The highest BCUT2D eigenvalue weighted by atomic mass is 16.3. The lowest BCUT2D eigenvalue weighted by atomic mass is 9.58. The van der Waals surface area contributed by atoms with E-state index >= 15 is 0 Å². The van der Waals surface area contributed by atoms with Crippen molar-refractivity contribution < 1.29 is 34.8 Å². The summed E-state index contributed by atoms with van der Waals surface area (Å²) in [6.45, 7) is 0. The summed E-state index contributed by atoms with van der Waals surface area (Å²) in [6.07, 6.45) is 5.74. The number of aliphatic hydroxyl groups excluding tert-OH is 2. The molecule has 4 atom stereocenters. The number of nitrogens with two attached hydrogens (primary N) is 1. The average Bonchev–Trinajstić information content (AvgIpc) is 2.70. The number of aliphatic hydroxyl groups is 3. The maximum Gasteiger partial charge on any atom is 0.255 e. The molecule has 32 heavy (non-hydrogen) atoms. The third-order valence-electron chi connectivity index (χ3n) is 6.76. The summed E-state index contributed by atoms with van der Waals surface area (Å²) < 4.78 is 0. The largest absolute Gasteiger partial charge is 0.510 e. The quantitative estimate of drug-likeness (QED) is 0.321. The Labute approximate surface area is 183 Å². The number of Topliss-reactive ketones (excluding diaryl/α,β-unsaturated/α-hetero) is 2. The zero-order valence-corrected chi connectivity index (χ0v) is 17.4. The molecule has 0 spiro atoms. The molecule has 2 unspecified atom stereocenters. The van der Waals surface area contributed by atoms with Crippen molar-refractivity contribution in [2.75, 3.05) is 14.1 Å². The van der Waals surface area contributed by atoms with Crippen LogP contribution in [0.4, 0.5) is 0 Å². The van der Waals surface area contributed by atoms with Crippen LogP contribution in [0.25, 0.3) is 0 Å². The molecule has 9 nitrogen and oxygen atoms in total. The van der Waals surface area contributed by atoms with Crippen LogP contribution in [0.3, 0.4) is 0 Å². The van der Waals surface area contributed by atoms with E-state index in [0.717, 1.165) is 0 Å². The zero-order valence-electron chi connectivity index (χ0n) is 17.4. The number of amides is 1. The van der Waals surface area contributed by atoms with Crippen molar-refractivity contribution in [1.29, 1.82) is 0 Å². The van der Waals surface area contributed by atoms with Gasteiger partial charge in [-0.3, -0.25) is 19.3 Å². The van der Waals surface area contributed by atoms with Crippen LogP contribution in [0, 0.1) is 24.2 Å². The fourth-order valence-corrected chi connectivity index (χ4v) is 5.39. The van der Waals surface area contributed by atoms with Crippen molar-refractivity contribution in [3.63, 3.8) is 0 Å². The summed E-state index contributed by atoms with van der Waals surface area (Å²) in [4.78, 5) is 39.9. The number of carbonyl (C=O) groups is 3. The number of terminal acetylenes is 1. The first-order valence-electron chi connectivity index (χ1n) is 9.93. The Balaban J connectivity index is 1.99. The summed E-state index contributed by atoms with van der Waals surface area (Å²) in [5.74, 6) is -4.37. The fraction of sp³-hybridized carbons (Fsp3) is 0.348. The summed E-state index contributed by atoms with van der Waals surface area (Å²) in [7, 11) is 3.14. The highest BCUT2D eigenvalue weighted by Crippen LogP contribution is 2.52. The molecule has 0 saturated heterocycles. The smallest absolute Gasteiger partial charge is 0.255 e. The predicted molar refractivity (Wildman–Crippen MR) is 112 cm³/mol. The van der Waals surface area contributed by atoms with E-state index in [1.807, 2.05) is 0 Å². The number of allylic oxidation sites excluding steroid dienone is 1. The SMILES string of the molecule is C#Cc1ccc(O)c2c1CC1CC3[C@H](N(C)C)C(O)=C(C(N)=O)C(=O)[C@@]3(O)C(O)=C1C2=O. The lowest BCUT2D eigenvalue weighted by Crippen LogP contribution is -2.63. The number of likely N-dealkylation sites (N-methyl/N-ethyl adjacent to an activating group) is 1. The van der Waals surface area contributed by atoms with Crippen molar-refractivity contribution in [2.45, 2.75) is 24.5 Å². The molecule has 0 saturated carbocycles. The molecule has 0 heterocycles. The van der Waals surface area contributed by atoms with E-state index < -0.39 is 58.0 Å². The van der Waals surface area contributed by atoms with Crippen molar-refractivity contribution in [3.05, 3.63) is 51.5 Å². The molecule has 0 aliphatic heterocycles. The summed E-state index contributed by atoms with van der Waals surface area (Å²) in [5, 5.41) is 43.6. The molecule has 166 valence electrons. The van der Waals surface area contributed by atoms with Gasteiger partial charge in [0, 0.05) is 17.1 Å². The highest BCUT2D eigenvalue weighted by Gasteiger charge is 2.63. The minimum atomic E-state index is -2.65. The Kier molecular flexibility index (Phi) is 4.69. The molecular formula is C23H22N2O7. The number of benzene rings is 1. The number of nitrogens with zero attached hydrogens (tertiary/aromatic N) is 1. The monoisotopic (exact) mass is 438 g/mol. The minimum absolute atomic E-state index is 0.0193. The molecule has 0 bridgehead atoms. The second-order valence-corrected chi connectivity index (χ2v) is 8.59. The molecule has 1 amide bonds. The second-order valence-electron chi connectivity index (χ2n) is 8.59. The maximum absolute atomic E-state index is 13.3. The van der Waals surface area contributed by atoms with Crippen molar-refractivity contribution in [3.8, 4) is 18.1 Å². The Morgan fingerprint density at radius 3 is 2.47 bits per heavy atom. The van der Waals surface area contributed by atoms with Gasteiger partial charge in [0.1, 0.15) is 22.8 Å². The van der Waals surface area contributed by atoms with Gasteiger partial charge in [0.25, 0.3) is 5.91 Å². The number of hydrogen-bond donors (Lipinski definition) is 5.